The fraction of sp³-hybridized carbons (Fsp3) is 1.00. The first-order valence-corrected chi connectivity index (χ1v) is 8.21. The summed E-state index contributed by atoms with van der Waals surface area (Å²) >= 11 is 0. The van der Waals surface area contributed by atoms with Gasteiger partial charge in [0, 0.05) is 38.4 Å². The van der Waals surface area contributed by atoms with Gasteiger partial charge < -0.3 is 14.8 Å². The maximum atomic E-state index is 5.58. The number of hydrogen-bond donors (Lipinski definition) is 1. The molecule has 1 N–H and O–H groups in total. The maximum absolute atomic E-state index is 5.58. The maximum Gasteiger partial charge on any atom is 0.0700 e. The number of methoxy groups -OCH3 is 1. The molecule has 1 aliphatic heterocycles. The van der Waals surface area contributed by atoms with Gasteiger partial charge in [0.25, 0.3) is 0 Å². The van der Waals surface area contributed by atoms with Crippen LogP contribution in [0.15, 0.2) is 0 Å². The fourth-order valence-corrected chi connectivity index (χ4v) is 3.29. The lowest BCUT2D eigenvalue weighted by Gasteiger charge is -2.36. The second kappa shape index (κ2) is 7.74. The van der Waals surface area contributed by atoms with Crippen molar-refractivity contribution in [1.82, 2.24) is 10.2 Å². The van der Waals surface area contributed by atoms with Gasteiger partial charge in [0.2, 0.25) is 0 Å². The first-order chi connectivity index (χ1) is 9.65. The molecule has 0 aromatic rings. The predicted octanol–water partition coefficient (Wildman–Crippen LogP) is 1.89. The van der Waals surface area contributed by atoms with Crippen LogP contribution in [-0.4, -0.2) is 63.0 Å². The summed E-state index contributed by atoms with van der Waals surface area (Å²) in [5, 5.41) is 3.81. The minimum Gasteiger partial charge on any atom is -0.382 e. The van der Waals surface area contributed by atoms with Crippen molar-refractivity contribution in [2.24, 2.45) is 5.92 Å². The normalized spacial score (nSPS) is 32.2. The lowest BCUT2D eigenvalue weighted by Crippen LogP contribution is -2.51. The average molecular weight is 284 g/mol. The van der Waals surface area contributed by atoms with E-state index in [0.29, 0.717) is 24.8 Å². The molecular formula is C16H32N2O2. The van der Waals surface area contributed by atoms with Gasteiger partial charge in [0.15, 0.2) is 0 Å². The number of nitrogens with one attached hydrogen (secondary N) is 1. The molecule has 4 heteroatoms. The molecule has 4 nitrogen and oxygen atoms in total. The Bertz CT molecular complexity index is 284. The lowest BCUT2D eigenvalue weighted by atomic mass is 9.95. The first-order valence-electron chi connectivity index (χ1n) is 8.21. The van der Waals surface area contributed by atoms with Crippen LogP contribution in [0.1, 0.15) is 39.5 Å². The summed E-state index contributed by atoms with van der Waals surface area (Å²) in [5.74, 6) is 0.897. The molecule has 2 fully saturated rings. The predicted molar refractivity (Wildman–Crippen MR) is 82.1 cm³/mol. The molecule has 1 aliphatic carbocycles. The molecule has 2 atom stereocenters. The highest BCUT2D eigenvalue weighted by atomic mass is 16.5. The summed E-state index contributed by atoms with van der Waals surface area (Å²) < 4.78 is 10.6. The van der Waals surface area contributed by atoms with Gasteiger partial charge in [0.05, 0.1) is 13.2 Å². The molecule has 1 saturated heterocycles. The molecule has 0 spiro atoms. The Hall–Kier alpha value is -0.160. The Balaban J connectivity index is 1.72. The molecule has 2 aliphatic rings. The third-order valence-electron chi connectivity index (χ3n) is 4.89. The molecule has 0 aromatic carbocycles. The number of ether oxygens (including phenoxy) is 2. The van der Waals surface area contributed by atoms with E-state index in [1.54, 1.807) is 7.11 Å². The SMILES string of the molecule is COCCOCCCN1CC(C)(C2CC2)NCCC1C. The summed E-state index contributed by atoms with van der Waals surface area (Å²) in [6.07, 6.45) is 5.19. The largest absolute Gasteiger partial charge is 0.382 e. The Morgan fingerprint density at radius 3 is 2.70 bits per heavy atom. The van der Waals surface area contributed by atoms with E-state index in [9.17, 15) is 0 Å². The molecular weight excluding hydrogens is 252 g/mol. The van der Waals surface area contributed by atoms with E-state index in [2.05, 4.69) is 24.1 Å². The highest BCUT2D eigenvalue weighted by Gasteiger charge is 2.43. The Labute approximate surface area is 124 Å². The van der Waals surface area contributed by atoms with E-state index in [1.807, 2.05) is 0 Å². The van der Waals surface area contributed by atoms with Crippen molar-refractivity contribution < 1.29 is 9.47 Å². The highest BCUT2D eigenvalue weighted by Crippen LogP contribution is 2.41. The zero-order valence-electron chi connectivity index (χ0n) is 13.5. The van der Waals surface area contributed by atoms with E-state index in [0.717, 1.165) is 32.0 Å². The van der Waals surface area contributed by atoms with Crippen molar-refractivity contribution in [2.75, 3.05) is 46.6 Å². The van der Waals surface area contributed by atoms with E-state index < -0.39 is 0 Å². The van der Waals surface area contributed by atoms with Crippen LogP contribution in [0.4, 0.5) is 0 Å². The van der Waals surface area contributed by atoms with Gasteiger partial charge in [0.1, 0.15) is 0 Å². The lowest BCUT2D eigenvalue weighted by molar-refractivity contribution is 0.0612. The Morgan fingerprint density at radius 1 is 1.20 bits per heavy atom. The van der Waals surface area contributed by atoms with Crippen molar-refractivity contribution in [1.29, 1.82) is 0 Å². The van der Waals surface area contributed by atoms with Crippen LogP contribution in [0, 0.1) is 5.92 Å². The van der Waals surface area contributed by atoms with Crippen molar-refractivity contribution in [3.8, 4) is 0 Å². The first kappa shape index (κ1) is 16.2. The van der Waals surface area contributed by atoms with Crippen LogP contribution >= 0.6 is 0 Å². The Kier molecular flexibility index (Phi) is 6.27. The van der Waals surface area contributed by atoms with Gasteiger partial charge >= 0.3 is 0 Å². The highest BCUT2D eigenvalue weighted by molar-refractivity contribution is 5.01. The van der Waals surface area contributed by atoms with Crippen LogP contribution in [0.25, 0.3) is 0 Å². The quantitative estimate of drug-likeness (QED) is 0.690. The van der Waals surface area contributed by atoms with Gasteiger partial charge in [-0.3, -0.25) is 4.90 Å². The van der Waals surface area contributed by atoms with Gasteiger partial charge in [-0.15, -0.1) is 0 Å². The molecule has 1 heterocycles. The molecule has 0 amide bonds. The molecule has 118 valence electrons. The van der Waals surface area contributed by atoms with Gasteiger partial charge in [-0.05, 0) is 52.0 Å². The third-order valence-corrected chi connectivity index (χ3v) is 4.89. The van der Waals surface area contributed by atoms with Crippen LogP contribution in [0.2, 0.25) is 0 Å². The smallest absolute Gasteiger partial charge is 0.0700 e. The van der Waals surface area contributed by atoms with Gasteiger partial charge in [-0.1, -0.05) is 0 Å². The van der Waals surface area contributed by atoms with E-state index in [1.165, 1.54) is 25.8 Å². The van der Waals surface area contributed by atoms with E-state index in [-0.39, 0.29) is 0 Å². The van der Waals surface area contributed by atoms with Crippen LogP contribution in [-0.2, 0) is 9.47 Å². The summed E-state index contributed by atoms with van der Waals surface area (Å²) in [4.78, 5) is 2.66. The summed E-state index contributed by atoms with van der Waals surface area (Å²) in [7, 11) is 1.72. The second-order valence-electron chi connectivity index (χ2n) is 6.69. The standard InChI is InChI=1S/C16H32N2O2/c1-14-7-8-17-16(2,15-5-6-15)13-18(14)9-4-10-20-12-11-19-3/h14-15,17H,4-13H2,1-3H3. The minimum atomic E-state index is 0.335. The summed E-state index contributed by atoms with van der Waals surface area (Å²) in [6, 6.07) is 0.682. The minimum absolute atomic E-state index is 0.335. The van der Waals surface area contributed by atoms with E-state index >= 15 is 0 Å². The second-order valence-corrected chi connectivity index (χ2v) is 6.69. The summed E-state index contributed by atoms with van der Waals surface area (Å²) in [6.45, 7) is 10.6. The molecule has 1 saturated carbocycles. The van der Waals surface area contributed by atoms with Crippen molar-refractivity contribution in [3.05, 3.63) is 0 Å². The third kappa shape index (κ3) is 4.69. The fourth-order valence-electron chi connectivity index (χ4n) is 3.29. The summed E-state index contributed by atoms with van der Waals surface area (Å²) in [5.41, 5.74) is 0.335. The van der Waals surface area contributed by atoms with Crippen LogP contribution in [0.5, 0.6) is 0 Å². The van der Waals surface area contributed by atoms with Crippen LogP contribution < -0.4 is 5.32 Å². The zero-order chi connectivity index (χ0) is 14.4. The van der Waals surface area contributed by atoms with Crippen molar-refractivity contribution >= 4 is 0 Å². The molecule has 2 rings (SSSR count). The van der Waals surface area contributed by atoms with Crippen LogP contribution in [0.3, 0.4) is 0 Å². The molecule has 0 radical (unpaired) electrons. The number of rotatable bonds is 8. The molecule has 2 unspecified atom stereocenters. The van der Waals surface area contributed by atoms with Crippen molar-refractivity contribution in [2.45, 2.75) is 51.1 Å². The molecule has 0 aromatic heterocycles. The van der Waals surface area contributed by atoms with Gasteiger partial charge in [-0.25, -0.2) is 0 Å². The van der Waals surface area contributed by atoms with E-state index in [4.69, 9.17) is 9.47 Å². The number of nitrogens with zero attached hydrogens (tertiary/aromatic N) is 1. The van der Waals surface area contributed by atoms with Gasteiger partial charge in [-0.2, -0.15) is 0 Å². The number of hydrogen-bond acceptors (Lipinski definition) is 4. The van der Waals surface area contributed by atoms with Crippen molar-refractivity contribution in [3.63, 3.8) is 0 Å². The molecule has 20 heavy (non-hydrogen) atoms. The molecule has 0 bridgehead atoms. The Morgan fingerprint density at radius 2 is 2.00 bits per heavy atom. The zero-order valence-corrected chi connectivity index (χ0v) is 13.5. The monoisotopic (exact) mass is 284 g/mol. The topological polar surface area (TPSA) is 33.7 Å². The average Bonchev–Trinajstić information content (AvgIpc) is 3.25.